The monoisotopic (exact) mass is 480 g/mol. The number of nitrogens with one attached hydrogen (secondary N) is 1. The fraction of sp³-hybridized carbons (Fsp3) is 0.240. The van der Waals surface area contributed by atoms with Crippen molar-refractivity contribution in [3.63, 3.8) is 0 Å². The van der Waals surface area contributed by atoms with Crippen LogP contribution in [0, 0.1) is 0 Å². The van der Waals surface area contributed by atoms with Gasteiger partial charge in [0.15, 0.2) is 11.5 Å². The van der Waals surface area contributed by atoms with Gasteiger partial charge in [-0.25, -0.2) is 0 Å². The van der Waals surface area contributed by atoms with E-state index in [-0.39, 0.29) is 18.0 Å². The van der Waals surface area contributed by atoms with Crippen LogP contribution in [0.4, 0.5) is 0 Å². The summed E-state index contributed by atoms with van der Waals surface area (Å²) >= 11 is 3.50. The van der Waals surface area contributed by atoms with Crippen LogP contribution in [0.5, 0.6) is 17.2 Å². The lowest BCUT2D eigenvalue weighted by molar-refractivity contribution is 0.313. The van der Waals surface area contributed by atoms with E-state index >= 15 is 0 Å². The molecule has 0 saturated carbocycles. The molecule has 6 heteroatoms. The van der Waals surface area contributed by atoms with E-state index in [0.29, 0.717) is 18.8 Å². The van der Waals surface area contributed by atoms with Crippen molar-refractivity contribution in [1.29, 1.82) is 0 Å². The second kappa shape index (κ2) is 9.54. The van der Waals surface area contributed by atoms with E-state index in [0.717, 1.165) is 32.6 Å². The molecule has 2 N–H and O–H groups in total. The van der Waals surface area contributed by atoms with Gasteiger partial charge in [-0.3, -0.25) is 10.3 Å². The molecule has 160 valence electrons. The molecule has 0 fully saturated rings. The summed E-state index contributed by atoms with van der Waals surface area (Å²) in [7, 11) is 1.66. The number of rotatable bonds is 6. The molecular formula is C25H25BrN2O3. The molecule has 2 atom stereocenters. The zero-order valence-electron chi connectivity index (χ0n) is 17.5. The number of benzene rings is 3. The zero-order valence-corrected chi connectivity index (χ0v) is 19.1. The molecular weight excluding hydrogens is 456 g/mol. The van der Waals surface area contributed by atoms with E-state index in [1.54, 1.807) is 13.2 Å². The van der Waals surface area contributed by atoms with Gasteiger partial charge in [0.05, 0.1) is 13.7 Å². The number of aromatic hydroxyl groups is 1. The number of para-hydroxylation sites is 1. The summed E-state index contributed by atoms with van der Waals surface area (Å²) in [5.41, 5.74) is 3.81. The summed E-state index contributed by atoms with van der Waals surface area (Å²) in [5.74, 6) is 1.45. The van der Waals surface area contributed by atoms with Crippen molar-refractivity contribution in [3.05, 3.63) is 87.9 Å². The molecule has 0 unspecified atom stereocenters. The minimum absolute atomic E-state index is 0.132. The van der Waals surface area contributed by atoms with Crippen molar-refractivity contribution in [2.24, 2.45) is 4.99 Å². The number of hydrogen-bond acceptors (Lipinski definition) is 5. The second-order valence-corrected chi connectivity index (χ2v) is 8.23. The van der Waals surface area contributed by atoms with E-state index in [1.807, 2.05) is 67.6 Å². The molecule has 5 nitrogen and oxygen atoms in total. The summed E-state index contributed by atoms with van der Waals surface area (Å²) in [4.78, 5) is 5.01. The predicted octanol–water partition coefficient (Wildman–Crippen LogP) is 5.78. The topological polar surface area (TPSA) is 63.1 Å². The highest BCUT2D eigenvalue weighted by atomic mass is 79.9. The molecule has 3 aromatic carbocycles. The van der Waals surface area contributed by atoms with Crippen LogP contribution in [-0.2, 0) is 0 Å². The van der Waals surface area contributed by atoms with Crippen molar-refractivity contribution >= 4 is 21.6 Å². The lowest BCUT2D eigenvalue weighted by atomic mass is 9.93. The maximum atomic E-state index is 10.9. The molecule has 1 aliphatic rings. The Labute approximate surface area is 190 Å². The van der Waals surface area contributed by atoms with Crippen LogP contribution in [0.2, 0.25) is 0 Å². The maximum Gasteiger partial charge on any atom is 0.162 e. The Balaban J connectivity index is 1.75. The minimum atomic E-state index is -0.247. The number of phenolic OH excluding ortho intramolecular Hbond substituents is 1. The van der Waals surface area contributed by atoms with Gasteiger partial charge in [0.1, 0.15) is 11.9 Å². The Morgan fingerprint density at radius 3 is 2.61 bits per heavy atom. The molecule has 0 saturated heterocycles. The summed E-state index contributed by atoms with van der Waals surface area (Å²) < 4.78 is 12.0. The van der Waals surface area contributed by atoms with Crippen molar-refractivity contribution < 1.29 is 14.6 Å². The number of aliphatic imine (C=N–C) groups is 1. The molecule has 1 aliphatic heterocycles. The van der Waals surface area contributed by atoms with Crippen molar-refractivity contribution in [1.82, 2.24) is 5.32 Å². The molecule has 31 heavy (non-hydrogen) atoms. The zero-order chi connectivity index (χ0) is 21.8. The van der Waals surface area contributed by atoms with E-state index < -0.39 is 0 Å². The first-order chi connectivity index (χ1) is 15.1. The Hall–Kier alpha value is -2.83. The second-order valence-electron chi connectivity index (χ2n) is 7.31. The third-order valence-corrected chi connectivity index (χ3v) is 5.86. The van der Waals surface area contributed by atoms with Gasteiger partial charge < -0.3 is 14.6 Å². The highest BCUT2D eigenvalue weighted by Crippen LogP contribution is 2.39. The third kappa shape index (κ3) is 4.75. The third-order valence-electron chi connectivity index (χ3n) is 5.34. The van der Waals surface area contributed by atoms with Crippen molar-refractivity contribution in [2.75, 3.05) is 13.7 Å². The van der Waals surface area contributed by atoms with Crippen LogP contribution in [0.25, 0.3) is 0 Å². The maximum absolute atomic E-state index is 10.9. The fourth-order valence-corrected chi connectivity index (χ4v) is 4.06. The number of phenols is 1. The number of nitrogens with zero attached hydrogens (tertiary/aromatic N) is 1. The van der Waals surface area contributed by atoms with Crippen molar-refractivity contribution in [3.8, 4) is 17.2 Å². The molecule has 4 rings (SSSR count). The van der Waals surface area contributed by atoms with Gasteiger partial charge >= 0.3 is 0 Å². The van der Waals surface area contributed by atoms with Crippen LogP contribution in [0.1, 0.15) is 42.2 Å². The normalized spacial score (nSPS) is 18.4. The van der Waals surface area contributed by atoms with Gasteiger partial charge in [-0.05, 0) is 48.4 Å². The molecule has 0 bridgehead atoms. The van der Waals surface area contributed by atoms with Gasteiger partial charge in [0, 0.05) is 28.2 Å². The summed E-state index contributed by atoms with van der Waals surface area (Å²) in [6.45, 7) is 2.40. The van der Waals surface area contributed by atoms with Crippen LogP contribution < -0.4 is 14.8 Å². The first-order valence-corrected chi connectivity index (χ1v) is 11.1. The van der Waals surface area contributed by atoms with Gasteiger partial charge in [0.25, 0.3) is 0 Å². The van der Waals surface area contributed by atoms with E-state index in [1.165, 1.54) is 0 Å². The molecule has 1 heterocycles. The highest BCUT2D eigenvalue weighted by Gasteiger charge is 2.28. The average molecular weight is 481 g/mol. The standard InChI is InChI=1S/C25H25BrN2O3/c1-3-31-23-9-5-8-20(24(23)29)22-15-21(17-6-4-7-19(14-17)30-2)27-25(28-22)16-10-12-18(26)13-11-16/h4-14,22,25,28-29H,3,15H2,1-2H3/t22-,25+/m0/s1. The lowest BCUT2D eigenvalue weighted by Gasteiger charge is -2.31. The highest BCUT2D eigenvalue weighted by molar-refractivity contribution is 9.10. The number of halogens is 1. The molecule has 0 spiro atoms. The minimum Gasteiger partial charge on any atom is -0.504 e. The SMILES string of the molecule is CCOc1cccc([C@@H]2CC(c3cccc(OC)c3)=N[C@@H](c3ccc(Br)cc3)N2)c1O. The first-order valence-electron chi connectivity index (χ1n) is 10.3. The van der Waals surface area contributed by atoms with E-state index in [4.69, 9.17) is 14.5 Å². The molecule has 0 aliphatic carbocycles. The summed E-state index contributed by atoms with van der Waals surface area (Å²) in [6.07, 6.45) is 0.381. The van der Waals surface area contributed by atoms with E-state index in [2.05, 4.69) is 21.2 Å². The fourth-order valence-electron chi connectivity index (χ4n) is 3.79. The average Bonchev–Trinajstić information content (AvgIpc) is 2.81. The Kier molecular flexibility index (Phi) is 6.59. The predicted molar refractivity (Wildman–Crippen MR) is 126 cm³/mol. The van der Waals surface area contributed by atoms with Gasteiger partial charge in [0.2, 0.25) is 0 Å². The lowest BCUT2D eigenvalue weighted by Crippen LogP contribution is -2.33. The quantitative estimate of drug-likeness (QED) is 0.468. The number of ether oxygens (including phenoxy) is 2. The molecule has 3 aromatic rings. The van der Waals surface area contributed by atoms with Crippen LogP contribution in [-0.4, -0.2) is 24.5 Å². The molecule has 0 amide bonds. The van der Waals surface area contributed by atoms with Gasteiger partial charge in [-0.1, -0.05) is 52.3 Å². The Morgan fingerprint density at radius 2 is 1.87 bits per heavy atom. The van der Waals surface area contributed by atoms with Crippen LogP contribution in [0.15, 0.2) is 76.2 Å². The smallest absolute Gasteiger partial charge is 0.162 e. The number of methoxy groups -OCH3 is 1. The summed E-state index contributed by atoms with van der Waals surface area (Å²) in [5, 5.41) is 14.5. The van der Waals surface area contributed by atoms with Gasteiger partial charge in [-0.15, -0.1) is 0 Å². The molecule has 0 aromatic heterocycles. The van der Waals surface area contributed by atoms with Crippen LogP contribution >= 0.6 is 15.9 Å². The molecule has 0 radical (unpaired) electrons. The van der Waals surface area contributed by atoms with Gasteiger partial charge in [-0.2, -0.15) is 0 Å². The first kappa shape index (κ1) is 21.4. The largest absolute Gasteiger partial charge is 0.504 e. The van der Waals surface area contributed by atoms with E-state index in [9.17, 15) is 5.11 Å². The Bertz CT molecular complexity index is 1080. The summed E-state index contributed by atoms with van der Waals surface area (Å²) in [6, 6.07) is 21.5. The van der Waals surface area contributed by atoms with Crippen LogP contribution in [0.3, 0.4) is 0 Å². The van der Waals surface area contributed by atoms with Crippen molar-refractivity contribution in [2.45, 2.75) is 25.6 Å². The number of hydrogen-bond donors (Lipinski definition) is 2. The Morgan fingerprint density at radius 1 is 1.10 bits per heavy atom.